The van der Waals surface area contributed by atoms with Gasteiger partial charge in [-0.2, -0.15) is 0 Å². The SMILES string of the molecule is Cc1nnc(-c2ccc(CNC(=O)CCOCCOCCOCCOCCOCCOCCOCCOCCOCCOCCOCCOCCNC(=O)CCN3C(=O)C=CC3=O)cc2)nn1. The molecule has 2 heterocycles. The zero-order valence-electron chi connectivity index (χ0n) is 38.7. The van der Waals surface area contributed by atoms with Gasteiger partial charge in [-0.05, 0) is 12.5 Å². The van der Waals surface area contributed by atoms with Crippen molar-refractivity contribution < 1.29 is 76.0 Å². The number of amides is 4. The smallest absolute Gasteiger partial charge is 0.253 e. The lowest BCUT2D eigenvalue weighted by Crippen LogP contribution is -2.35. The van der Waals surface area contributed by atoms with E-state index in [1.54, 1.807) is 6.92 Å². The van der Waals surface area contributed by atoms with Crippen molar-refractivity contribution in [2.24, 2.45) is 0 Å². The highest BCUT2D eigenvalue weighted by Crippen LogP contribution is 2.14. The Balaban J connectivity index is 0.901. The molecule has 0 atom stereocenters. The molecule has 67 heavy (non-hydrogen) atoms. The maximum absolute atomic E-state index is 12.1. The van der Waals surface area contributed by atoms with Gasteiger partial charge in [0.25, 0.3) is 11.8 Å². The summed E-state index contributed by atoms with van der Waals surface area (Å²) in [5.41, 5.74) is 1.75. The van der Waals surface area contributed by atoms with E-state index in [2.05, 4.69) is 31.0 Å². The molecule has 1 aliphatic rings. The van der Waals surface area contributed by atoms with Crippen LogP contribution >= 0.6 is 0 Å². The second kappa shape index (κ2) is 39.5. The molecular formula is C44H69N7O16. The molecule has 0 fully saturated rings. The number of nitrogens with one attached hydrogen (secondary N) is 2. The topological polar surface area (TPSA) is 258 Å². The Morgan fingerprint density at radius 2 is 0.791 bits per heavy atom. The van der Waals surface area contributed by atoms with Crippen LogP contribution in [0.3, 0.4) is 0 Å². The molecule has 23 heteroatoms. The number of benzene rings is 1. The van der Waals surface area contributed by atoms with Gasteiger partial charge in [-0.25, -0.2) is 0 Å². The maximum atomic E-state index is 12.1. The molecule has 1 aliphatic heterocycles. The number of carbonyl (C=O) groups is 4. The van der Waals surface area contributed by atoms with Gasteiger partial charge in [0.15, 0.2) is 5.82 Å². The first-order valence-electron chi connectivity index (χ1n) is 22.6. The molecule has 4 amide bonds. The number of carbonyl (C=O) groups excluding carboxylic acids is 4. The van der Waals surface area contributed by atoms with Crippen LogP contribution in [0.25, 0.3) is 11.4 Å². The number of hydrogen-bond donors (Lipinski definition) is 2. The molecule has 0 bridgehead atoms. The summed E-state index contributed by atoms with van der Waals surface area (Å²) in [7, 11) is 0. The number of nitrogens with zero attached hydrogens (tertiary/aromatic N) is 5. The summed E-state index contributed by atoms with van der Waals surface area (Å²) in [5.74, 6) is -0.197. The summed E-state index contributed by atoms with van der Waals surface area (Å²) >= 11 is 0. The molecule has 0 unspecified atom stereocenters. The van der Waals surface area contributed by atoms with E-state index in [9.17, 15) is 19.2 Å². The van der Waals surface area contributed by atoms with Gasteiger partial charge < -0.3 is 67.5 Å². The lowest BCUT2D eigenvalue weighted by Gasteiger charge is -2.13. The molecule has 1 aromatic heterocycles. The Bertz CT molecular complexity index is 1610. The van der Waals surface area contributed by atoms with Gasteiger partial charge in [-0.1, -0.05) is 24.3 Å². The van der Waals surface area contributed by atoms with Crippen molar-refractivity contribution >= 4 is 23.6 Å². The zero-order chi connectivity index (χ0) is 47.7. The fourth-order valence-electron chi connectivity index (χ4n) is 5.36. The monoisotopic (exact) mass is 951 g/mol. The Hall–Kier alpha value is -4.50. The van der Waals surface area contributed by atoms with Crippen LogP contribution in [0.4, 0.5) is 0 Å². The third-order valence-electron chi connectivity index (χ3n) is 8.88. The minimum Gasteiger partial charge on any atom is -0.379 e. The highest BCUT2D eigenvalue weighted by atomic mass is 16.6. The highest BCUT2D eigenvalue weighted by molar-refractivity contribution is 6.13. The average Bonchev–Trinajstić information content (AvgIpc) is 3.66. The molecule has 2 N–H and O–H groups in total. The van der Waals surface area contributed by atoms with Crippen LogP contribution in [0.15, 0.2) is 36.4 Å². The molecule has 0 saturated carbocycles. The minimum atomic E-state index is -0.402. The van der Waals surface area contributed by atoms with Gasteiger partial charge in [0, 0.05) is 50.2 Å². The second-order valence-electron chi connectivity index (χ2n) is 14.1. The van der Waals surface area contributed by atoms with E-state index in [0.717, 1.165) is 16.0 Å². The van der Waals surface area contributed by atoms with Crippen LogP contribution in [-0.4, -0.2) is 221 Å². The first-order valence-corrected chi connectivity index (χ1v) is 22.6. The predicted molar refractivity (Wildman–Crippen MR) is 238 cm³/mol. The molecule has 0 radical (unpaired) electrons. The lowest BCUT2D eigenvalue weighted by molar-refractivity contribution is -0.137. The van der Waals surface area contributed by atoms with E-state index in [1.807, 2.05) is 24.3 Å². The van der Waals surface area contributed by atoms with E-state index in [1.165, 1.54) is 12.2 Å². The lowest BCUT2D eigenvalue weighted by atomic mass is 10.1. The first kappa shape index (κ1) is 56.8. The summed E-state index contributed by atoms with van der Waals surface area (Å²) in [6.45, 7) is 12.9. The van der Waals surface area contributed by atoms with Crippen LogP contribution < -0.4 is 10.6 Å². The molecule has 23 nitrogen and oxygen atoms in total. The normalized spacial score (nSPS) is 12.4. The van der Waals surface area contributed by atoms with Crippen LogP contribution in [-0.2, 0) is 82.6 Å². The number of aryl methyl sites for hydroxylation is 1. The van der Waals surface area contributed by atoms with Crippen LogP contribution in [0, 0.1) is 6.92 Å². The van der Waals surface area contributed by atoms with Crippen LogP contribution in [0.5, 0.6) is 0 Å². The Morgan fingerprint density at radius 1 is 0.448 bits per heavy atom. The number of ether oxygens (including phenoxy) is 12. The quantitative estimate of drug-likeness (QED) is 0.0648. The van der Waals surface area contributed by atoms with Crippen LogP contribution in [0.2, 0.25) is 0 Å². The third kappa shape index (κ3) is 30.5. The third-order valence-corrected chi connectivity index (χ3v) is 8.88. The molecule has 376 valence electrons. The number of imide groups is 1. The van der Waals surface area contributed by atoms with Gasteiger partial charge in [0.1, 0.15) is 0 Å². The van der Waals surface area contributed by atoms with Crippen molar-refractivity contribution in [1.82, 2.24) is 35.9 Å². The second-order valence-corrected chi connectivity index (χ2v) is 14.1. The fraction of sp³-hybridized carbons (Fsp3) is 0.682. The van der Waals surface area contributed by atoms with Crippen molar-refractivity contribution in [3.05, 3.63) is 47.8 Å². The van der Waals surface area contributed by atoms with E-state index in [4.69, 9.17) is 56.8 Å². The van der Waals surface area contributed by atoms with Crippen molar-refractivity contribution in [1.29, 1.82) is 0 Å². The Kier molecular flexibility index (Phi) is 33.5. The zero-order valence-corrected chi connectivity index (χ0v) is 38.7. The van der Waals surface area contributed by atoms with Crippen molar-refractivity contribution in [3.63, 3.8) is 0 Å². The van der Waals surface area contributed by atoms with Crippen molar-refractivity contribution in [3.8, 4) is 11.4 Å². The van der Waals surface area contributed by atoms with Crippen molar-refractivity contribution in [2.45, 2.75) is 26.3 Å². The number of aromatic nitrogens is 4. The summed E-state index contributed by atoms with van der Waals surface area (Å²) in [5, 5.41) is 21.4. The molecule has 0 spiro atoms. The molecule has 2 aromatic rings. The van der Waals surface area contributed by atoms with Gasteiger partial charge >= 0.3 is 0 Å². The average molecular weight is 952 g/mol. The van der Waals surface area contributed by atoms with E-state index in [-0.39, 0.29) is 31.2 Å². The summed E-state index contributed by atoms with van der Waals surface area (Å²) in [6.07, 6.45) is 2.69. The largest absolute Gasteiger partial charge is 0.379 e. The van der Waals surface area contributed by atoms with E-state index < -0.39 is 11.8 Å². The van der Waals surface area contributed by atoms with Gasteiger partial charge in [-0.15, -0.1) is 20.4 Å². The molecule has 0 saturated heterocycles. The molecular weight excluding hydrogens is 883 g/mol. The van der Waals surface area contributed by atoms with Gasteiger partial charge in [-0.3, -0.25) is 24.1 Å². The standard InChI is InChI=1S/C44H69N7O16/c1-37-47-49-44(50-48-37)39-4-2-38(3-5-39)36-46-41(53)9-12-56-14-16-58-18-20-60-22-24-62-26-28-64-30-32-66-34-35-67-33-31-65-29-27-63-25-23-61-21-19-59-17-15-57-13-10-45-40(52)8-11-51-42(54)6-7-43(51)55/h2-7H,8-36H2,1H3,(H,45,52)(H,46,53). The van der Waals surface area contributed by atoms with Crippen molar-refractivity contribution in [2.75, 3.05) is 172 Å². The molecule has 0 aliphatic carbocycles. The first-order chi connectivity index (χ1) is 32.9. The van der Waals surface area contributed by atoms with E-state index >= 15 is 0 Å². The molecule has 3 rings (SSSR count). The van der Waals surface area contributed by atoms with Gasteiger partial charge in [0.2, 0.25) is 17.6 Å². The predicted octanol–water partition coefficient (Wildman–Crippen LogP) is -0.121. The summed E-state index contributed by atoms with van der Waals surface area (Å²) < 4.78 is 65.8. The Morgan fingerprint density at radius 3 is 1.18 bits per heavy atom. The van der Waals surface area contributed by atoms with E-state index in [0.29, 0.717) is 183 Å². The summed E-state index contributed by atoms with van der Waals surface area (Å²) in [6, 6.07) is 7.53. The minimum absolute atomic E-state index is 0.0455. The molecule has 1 aromatic carbocycles. The maximum Gasteiger partial charge on any atom is 0.253 e. The number of rotatable bonds is 45. The highest BCUT2D eigenvalue weighted by Gasteiger charge is 2.23. The van der Waals surface area contributed by atoms with Gasteiger partial charge in [0.05, 0.1) is 159 Å². The summed E-state index contributed by atoms with van der Waals surface area (Å²) in [4.78, 5) is 47.9. The number of hydrogen-bond acceptors (Lipinski definition) is 20. The Labute approximate surface area is 392 Å². The van der Waals surface area contributed by atoms with Crippen LogP contribution in [0.1, 0.15) is 24.2 Å². The fourth-order valence-corrected chi connectivity index (χ4v) is 5.36.